The number of hydrogen-bond donors (Lipinski definition) is 0. The second-order valence-corrected chi connectivity index (χ2v) is 8.78. The van der Waals surface area contributed by atoms with Crippen molar-refractivity contribution < 1.29 is 0 Å². The van der Waals surface area contributed by atoms with Crippen LogP contribution in [-0.2, 0) is 0 Å². The zero-order valence-corrected chi connectivity index (χ0v) is 19.2. The lowest BCUT2D eigenvalue weighted by Gasteiger charge is -2.18. The predicted octanol–water partition coefficient (Wildman–Crippen LogP) is 9.87. The maximum atomic E-state index is 6.72. The molecule has 0 aliphatic rings. The van der Waals surface area contributed by atoms with Crippen LogP contribution in [0.1, 0.15) is 16.7 Å². The standard InChI is InChI=1S/C21H14Cl6/c1-9-4-13(19(26)8-15(9)22)14-7-18(25)11(3)21(27)20(14)12-5-16(23)10(2)17(24)6-12/h4-8H,1-3H3. The Morgan fingerprint density at radius 2 is 1.07 bits per heavy atom. The molecule has 0 nitrogen and oxygen atoms in total. The van der Waals surface area contributed by atoms with Crippen LogP contribution in [0.3, 0.4) is 0 Å². The number of aryl methyl sites for hydroxylation is 1. The molecule has 0 aromatic heterocycles. The normalized spacial score (nSPS) is 11.1. The average Bonchev–Trinajstić information content (AvgIpc) is 2.60. The highest BCUT2D eigenvalue weighted by Crippen LogP contribution is 2.46. The van der Waals surface area contributed by atoms with Gasteiger partial charge in [-0.1, -0.05) is 69.6 Å². The van der Waals surface area contributed by atoms with Gasteiger partial charge in [0.2, 0.25) is 0 Å². The Kier molecular flexibility index (Phi) is 6.28. The monoisotopic (exact) mass is 476 g/mol. The van der Waals surface area contributed by atoms with Crippen molar-refractivity contribution in [3.63, 3.8) is 0 Å². The molecule has 0 heterocycles. The summed E-state index contributed by atoms with van der Waals surface area (Å²) in [6.07, 6.45) is 0. The molecule has 0 spiro atoms. The Hall–Kier alpha value is -0.600. The highest BCUT2D eigenvalue weighted by atomic mass is 35.5. The van der Waals surface area contributed by atoms with Gasteiger partial charge in [0.25, 0.3) is 0 Å². The van der Waals surface area contributed by atoms with Gasteiger partial charge in [0.05, 0.1) is 5.02 Å². The van der Waals surface area contributed by atoms with Gasteiger partial charge in [0.15, 0.2) is 0 Å². The minimum absolute atomic E-state index is 0.507. The minimum atomic E-state index is 0.507. The molecule has 3 aromatic rings. The second kappa shape index (κ2) is 8.03. The fourth-order valence-electron chi connectivity index (χ4n) is 2.87. The lowest BCUT2D eigenvalue weighted by molar-refractivity contribution is 1.42. The quantitative estimate of drug-likeness (QED) is 0.343. The van der Waals surface area contributed by atoms with Gasteiger partial charge in [0.1, 0.15) is 0 Å². The van der Waals surface area contributed by atoms with Crippen LogP contribution in [-0.4, -0.2) is 0 Å². The summed E-state index contributed by atoms with van der Waals surface area (Å²) < 4.78 is 0. The van der Waals surface area contributed by atoms with Gasteiger partial charge in [-0.05, 0) is 78.9 Å². The third-order valence-electron chi connectivity index (χ3n) is 4.56. The molecule has 0 bridgehead atoms. The van der Waals surface area contributed by atoms with Crippen molar-refractivity contribution in [2.45, 2.75) is 20.8 Å². The summed E-state index contributed by atoms with van der Waals surface area (Å²) >= 11 is 38.6. The molecule has 0 unspecified atom stereocenters. The van der Waals surface area contributed by atoms with Crippen molar-refractivity contribution in [1.82, 2.24) is 0 Å². The van der Waals surface area contributed by atoms with Crippen molar-refractivity contribution in [3.05, 3.63) is 77.2 Å². The zero-order chi connectivity index (χ0) is 20.0. The first-order chi connectivity index (χ1) is 12.6. The minimum Gasteiger partial charge on any atom is -0.0840 e. The molecule has 3 aromatic carbocycles. The van der Waals surface area contributed by atoms with Crippen LogP contribution in [0.2, 0.25) is 30.1 Å². The van der Waals surface area contributed by atoms with Crippen LogP contribution in [0.15, 0.2) is 30.3 Å². The van der Waals surface area contributed by atoms with E-state index in [4.69, 9.17) is 69.6 Å². The van der Waals surface area contributed by atoms with Crippen LogP contribution in [0.25, 0.3) is 22.3 Å². The summed E-state index contributed by atoms with van der Waals surface area (Å²) in [4.78, 5) is 0. The molecule has 0 radical (unpaired) electrons. The van der Waals surface area contributed by atoms with E-state index in [0.29, 0.717) is 30.1 Å². The van der Waals surface area contributed by atoms with Crippen molar-refractivity contribution >= 4 is 69.6 Å². The number of hydrogen-bond acceptors (Lipinski definition) is 0. The topological polar surface area (TPSA) is 0 Å². The summed E-state index contributed by atoms with van der Waals surface area (Å²) in [6, 6.07) is 9.18. The van der Waals surface area contributed by atoms with E-state index in [-0.39, 0.29) is 0 Å². The van der Waals surface area contributed by atoms with Gasteiger partial charge in [-0.2, -0.15) is 0 Å². The molecule has 0 atom stereocenters. The van der Waals surface area contributed by atoms with Crippen LogP contribution >= 0.6 is 69.6 Å². The lowest BCUT2D eigenvalue weighted by Crippen LogP contribution is -1.94. The summed E-state index contributed by atoms with van der Waals surface area (Å²) in [5.74, 6) is 0. The van der Waals surface area contributed by atoms with E-state index in [1.165, 1.54) is 0 Å². The summed E-state index contributed by atoms with van der Waals surface area (Å²) in [5.41, 5.74) is 5.61. The van der Waals surface area contributed by atoms with E-state index in [0.717, 1.165) is 38.9 Å². The summed E-state index contributed by atoms with van der Waals surface area (Å²) in [7, 11) is 0. The van der Waals surface area contributed by atoms with Gasteiger partial charge in [-0.25, -0.2) is 0 Å². The molecule has 0 fully saturated rings. The predicted molar refractivity (Wildman–Crippen MR) is 122 cm³/mol. The average molecular weight is 479 g/mol. The Bertz CT molecular complexity index is 1050. The largest absolute Gasteiger partial charge is 0.0840 e. The van der Waals surface area contributed by atoms with E-state index >= 15 is 0 Å². The maximum Gasteiger partial charge on any atom is 0.0534 e. The van der Waals surface area contributed by atoms with Gasteiger partial charge >= 0.3 is 0 Å². The molecule has 0 amide bonds. The van der Waals surface area contributed by atoms with Crippen LogP contribution in [0.5, 0.6) is 0 Å². The second-order valence-electron chi connectivity index (χ2n) is 6.37. The first-order valence-corrected chi connectivity index (χ1v) is 10.3. The van der Waals surface area contributed by atoms with Crippen molar-refractivity contribution in [3.8, 4) is 22.3 Å². The smallest absolute Gasteiger partial charge is 0.0534 e. The highest BCUT2D eigenvalue weighted by Gasteiger charge is 2.20. The van der Waals surface area contributed by atoms with Crippen LogP contribution < -0.4 is 0 Å². The Labute approximate surface area is 188 Å². The van der Waals surface area contributed by atoms with Crippen LogP contribution in [0, 0.1) is 20.8 Å². The SMILES string of the molecule is Cc1cc(-c2cc(Cl)c(C)c(Cl)c2-c2cc(Cl)c(C)c(Cl)c2)c(Cl)cc1Cl. The van der Waals surface area contributed by atoms with Crippen molar-refractivity contribution in [2.75, 3.05) is 0 Å². The van der Waals surface area contributed by atoms with Gasteiger partial charge in [0, 0.05) is 36.2 Å². The summed E-state index contributed by atoms with van der Waals surface area (Å²) in [6.45, 7) is 5.65. The van der Waals surface area contributed by atoms with E-state index in [1.54, 1.807) is 6.07 Å². The Morgan fingerprint density at radius 1 is 0.519 bits per heavy atom. The van der Waals surface area contributed by atoms with E-state index < -0.39 is 0 Å². The molecular formula is C21H14Cl6. The molecule has 0 aliphatic heterocycles. The van der Waals surface area contributed by atoms with Gasteiger partial charge < -0.3 is 0 Å². The Balaban J connectivity index is 2.42. The number of halogens is 6. The molecule has 6 heteroatoms. The third-order valence-corrected chi connectivity index (χ3v) is 6.93. The van der Waals surface area contributed by atoms with Crippen LogP contribution in [0.4, 0.5) is 0 Å². The molecule has 27 heavy (non-hydrogen) atoms. The van der Waals surface area contributed by atoms with Crippen molar-refractivity contribution in [2.24, 2.45) is 0 Å². The lowest BCUT2D eigenvalue weighted by atomic mass is 9.91. The maximum absolute atomic E-state index is 6.72. The van der Waals surface area contributed by atoms with E-state index in [9.17, 15) is 0 Å². The molecule has 0 saturated carbocycles. The molecular weight excluding hydrogens is 465 g/mol. The first-order valence-electron chi connectivity index (χ1n) is 8.02. The molecule has 140 valence electrons. The van der Waals surface area contributed by atoms with Gasteiger partial charge in [-0.3, -0.25) is 0 Å². The molecule has 0 saturated heterocycles. The van der Waals surface area contributed by atoms with E-state index in [1.807, 2.05) is 45.0 Å². The zero-order valence-electron chi connectivity index (χ0n) is 14.7. The highest BCUT2D eigenvalue weighted by molar-refractivity contribution is 6.41. The summed E-state index contributed by atoms with van der Waals surface area (Å²) in [5, 5.41) is 3.29. The van der Waals surface area contributed by atoms with Gasteiger partial charge in [-0.15, -0.1) is 0 Å². The fourth-order valence-corrected chi connectivity index (χ4v) is 4.40. The number of benzene rings is 3. The molecule has 0 N–H and O–H groups in total. The number of rotatable bonds is 2. The fraction of sp³-hybridized carbons (Fsp3) is 0.143. The molecule has 3 rings (SSSR count). The Morgan fingerprint density at radius 3 is 1.67 bits per heavy atom. The third kappa shape index (κ3) is 3.94. The molecule has 0 aliphatic carbocycles. The van der Waals surface area contributed by atoms with E-state index in [2.05, 4.69) is 0 Å². The first kappa shape index (κ1) is 21.1. The van der Waals surface area contributed by atoms with Crippen molar-refractivity contribution in [1.29, 1.82) is 0 Å².